The van der Waals surface area contributed by atoms with Gasteiger partial charge in [0.15, 0.2) is 0 Å². The summed E-state index contributed by atoms with van der Waals surface area (Å²) in [5.41, 5.74) is 4.03. The molecule has 3 rings (SSSR count). The fraction of sp³-hybridized carbons (Fsp3) is 0.350. The third kappa shape index (κ3) is 3.78. The second-order valence-corrected chi connectivity index (χ2v) is 6.57. The molecular formula is C20H24N4O3. The first-order chi connectivity index (χ1) is 12.9. The van der Waals surface area contributed by atoms with Crippen LogP contribution in [0.5, 0.6) is 0 Å². The molecule has 2 heterocycles. The lowest BCUT2D eigenvalue weighted by Gasteiger charge is -2.36. The van der Waals surface area contributed by atoms with E-state index in [1.54, 1.807) is 24.3 Å². The van der Waals surface area contributed by atoms with Gasteiger partial charge >= 0.3 is 0 Å². The Balaban J connectivity index is 1.91. The van der Waals surface area contributed by atoms with Gasteiger partial charge in [0.1, 0.15) is 0 Å². The largest absolute Gasteiger partial charge is 0.377 e. The van der Waals surface area contributed by atoms with E-state index in [9.17, 15) is 9.59 Å². The monoisotopic (exact) mass is 368 g/mol. The summed E-state index contributed by atoms with van der Waals surface area (Å²) in [5, 5.41) is 7.16. The number of hydrogen-bond acceptors (Lipinski definition) is 4. The lowest BCUT2D eigenvalue weighted by Crippen LogP contribution is -2.43. The highest BCUT2D eigenvalue weighted by molar-refractivity contribution is 6.01. The Labute approximate surface area is 158 Å². The quantitative estimate of drug-likeness (QED) is 0.841. The summed E-state index contributed by atoms with van der Waals surface area (Å²) < 4.78 is 7.49. The first kappa shape index (κ1) is 18.8. The standard InChI is InChI=1S/C20H24N4O3/c1-5-18(25)21-16-8-6-7-15(11-16)20(26)24-9-10-27-12-17(24)19-13(2)22-23(4)14(19)3/h5-8,11,17H,1,9-10,12H2,2-4H3,(H,21,25). The smallest absolute Gasteiger partial charge is 0.254 e. The minimum Gasteiger partial charge on any atom is -0.377 e. The summed E-state index contributed by atoms with van der Waals surface area (Å²) in [6, 6.07) is 6.74. The zero-order chi connectivity index (χ0) is 19.6. The van der Waals surface area contributed by atoms with Crippen molar-refractivity contribution in [2.24, 2.45) is 7.05 Å². The summed E-state index contributed by atoms with van der Waals surface area (Å²) in [7, 11) is 1.90. The van der Waals surface area contributed by atoms with Gasteiger partial charge in [0.2, 0.25) is 5.91 Å². The Morgan fingerprint density at radius 2 is 2.15 bits per heavy atom. The van der Waals surface area contributed by atoms with Crippen LogP contribution in [-0.2, 0) is 16.6 Å². The topological polar surface area (TPSA) is 76.5 Å². The average Bonchev–Trinajstić information content (AvgIpc) is 2.93. The predicted molar refractivity (Wildman–Crippen MR) is 103 cm³/mol. The van der Waals surface area contributed by atoms with E-state index in [-0.39, 0.29) is 17.9 Å². The molecule has 1 unspecified atom stereocenters. The average molecular weight is 368 g/mol. The Hall–Kier alpha value is -2.93. The molecule has 1 aliphatic heterocycles. The molecular weight excluding hydrogens is 344 g/mol. The fourth-order valence-electron chi connectivity index (χ4n) is 3.45. The minimum atomic E-state index is -0.314. The van der Waals surface area contributed by atoms with Gasteiger partial charge in [0.25, 0.3) is 5.91 Å². The zero-order valence-electron chi connectivity index (χ0n) is 15.9. The number of aryl methyl sites for hydroxylation is 2. The van der Waals surface area contributed by atoms with Crippen LogP contribution in [-0.4, -0.2) is 46.3 Å². The molecule has 1 atom stereocenters. The maximum absolute atomic E-state index is 13.2. The first-order valence-corrected chi connectivity index (χ1v) is 8.84. The number of ether oxygens (including phenoxy) is 1. The van der Waals surface area contributed by atoms with Crippen molar-refractivity contribution in [2.75, 3.05) is 25.1 Å². The van der Waals surface area contributed by atoms with Crippen molar-refractivity contribution in [3.63, 3.8) is 0 Å². The Kier molecular flexibility index (Phi) is 5.41. The van der Waals surface area contributed by atoms with Crippen LogP contribution in [0.1, 0.15) is 33.4 Å². The number of carbonyl (C=O) groups is 2. The fourth-order valence-corrected chi connectivity index (χ4v) is 3.45. The minimum absolute atomic E-state index is 0.0966. The van der Waals surface area contributed by atoms with Crippen molar-refractivity contribution in [3.05, 3.63) is 59.4 Å². The van der Waals surface area contributed by atoms with Gasteiger partial charge < -0.3 is 15.0 Å². The summed E-state index contributed by atoms with van der Waals surface area (Å²) in [4.78, 5) is 26.6. The molecule has 0 radical (unpaired) electrons. The molecule has 2 aromatic rings. The van der Waals surface area contributed by atoms with Crippen molar-refractivity contribution in [1.29, 1.82) is 0 Å². The maximum atomic E-state index is 13.2. The third-order valence-electron chi connectivity index (χ3n) is 4.85. The highest BCUT2D eigenvalue weighted by Crippen LogP contribution is 2.30. The van der Waals surface area contributed by atoms with Crippen LogP contribution >= 0.6 is 0 Å². The van der Waals surface area contributed by atoms with Crippen LogP contribution in [0.3, 0.4) is 0 Å². The highest BCUT2D eigenvalue weighted by atomic mass is 16.5. The number of carbonyl (C=O) groups excluding carboxylic acids is 2. The number of amides is 2. The molecule has 0 saturated carbocycles. The van der Waals surface area contributed by atoms with Gasteiger partial charge in [0, 0.05) is 36.1 Å². The lowest BCUT2D eigenvalue weighted by atomic mass is 10.0. The van der Waals surface area contributed by atoms with E-state index in [2.05, 4.69) is 17.0 Å². The summed E-state index contributed by atoms with van der Waals surface area (Å²) >= 11 is 0. The molecule has 1 aromatic carbocycles. The number of aromatic nitrogens is 2. The predicted octanol–water partition coefficient (Wildman–Crippen LogP) is 2.38. The zero-order valence-corrected chi connectivity index (χ0v) is 15.9. The van der Waals surface area contributed by atoms with E-state index in [4.69, 9.17) is 4.74 Å². The number of nitrogens with one attached hydrogen (secondary N) is 1. The molecule has 142 valence electrons. The van der Waals surface area contributed by atoms with Gasteiger partial charge in [-0.3, -0.25) is 14.3 Å². The number of benzene rings is 1. The SMILES string of the molecule is C=CC(=O)Nc1cccc(C(=O)N2CCOCC2c2c(C)nn(C)c2C)c1. The molecule has 1 aliphatic rings. The molecule has 1 saturated heterocycles. The third-order valence-corrected chi connectivity index (χ3v) is 4.85. The molecule has 27 heavy (non-hydrogen) atoms. The van der Waals surface area contributed by atoms with Crippen LogP contribution in [0.4, 0.5) is 5.69 Å². The lowest BCUT2D eigenvalue weighted by molar-refractivity contribution is -0.111. The van der Waals surface area contributed by atoms with Crippen LogP contribution in [0.15, 0.2) is 36.9 Å². The van der Waals surface area contributed by atoms with Gasteiger partial charge in [-0.1, -0.05) is 12.6 Å². The van der Waals surface area contributed by atoms with Gasteiger partial charge in [-0.15, -0.1) is 0 Å². The summed E-state index contributed by atoms with van der Waals surface area (Å²) in [6.45, 7) is 8.82. The van der Waals surface area contributed by atoms with E-state index in [1.165, 1.54) is 6.08 Å². The molecule has 1 N–H and O–H groups in total. The number of anilines is 1. The first-order valence-electron chi connectivity index (χ1n) is 8.84. The van der Waals surface area contributed by atoms with E-state index in [1.807, 2.05) is 30.5 Å². The number of hydrogen-bond donors (Lipinski definition) is 1. The van der Waals surface area contributed by atoms with Crippen molar-refractivity contribution in [3.8, 4) is 0 Å². The molecule has 1 fully saturated rings. The molecule has 0 spiro atoms. The second-order valence-electron chi connectivity index (χ2n) is 6.57. The van der Waals surface area contributed by atoms with Crippen molar-refractivity contribution in [1.82, 2.24) is 14.7 Å². The highest BCUT2D eigenvalue weighted by Gasteiger charge is 2.33. The van der Waals surface area contributed by atoms with E-state index in [0.717, 1.165) is 17.0 Å². The Morgan fingerprint density at radius 1 is 1.37 bits per heavy atom. The van der Waals surface area contributed by atoms with Crippen molar-refractivity contribution in [2.45, 2.75) is 19.9 Å². The normalized spacial score (nSPS) is 16.9. The maximum Gasteiger partial charge on any atom is 0.254 e. The molecule has 0 bridgehead atoms. The van der Waals surface area contributed by atoms with E-state index >= 15 is 0 Å². The van der Waals surface area contributed by atoms with Gasteiger partial charge in [-0.05, 0) is 38.1 Å². The molecule has 7 nitrogen and oxygen atoms in total. The van der Waals surface area contributed by atoms with Gasteiger partial charge in [0.05, 0.1) is 24.9 Å². The number of rotatable bonds is 4. The van der Waals surface area contributed by atoms with Crippen molar-refractivity contribution < 1.29 is 14.3 Å². The molecule has 2 amide bonds. The summed E-state index contributed by atoms with van der Waals surface area (Å²) in [6.07, 6.45) is 1.19. The van der Waals surface area contributed by atoms with Crippen LogP contribution in [0.25, 0.3) is 0 Å². The van der Waals surface area contributed by atoms with E-state index < -0.39 is 0 Å². The molecule has 0 aliphatic carbocycles. The van der Waals surface area contributed by atoms with Crippen LogP contribution in [0, 0.1) is 13.8 Å². The number of nitrogens with zero attached hydrogens (tertiary/aromatic N) is 3. The Bertz CT molecular complexity index is 887. The van der Waals surface area contributed by atoms with Gasteiger partial charge in [-0.25, -0.2) is 0 Å². The Morgan fingerprint density at radius 3 is 2.81 bits per heavy atom. The second kappa shape index (κ2) is 7.75. The summed E-state index contributed by atoms with van der Waals surface area (Å²) in [5.74, 6) is -0.411. The van der Waals surface area contributed by atoms with Gasteiger partial charge in [-0.2, -0.15) is 5.10 Å². The molecule has 7 heteroatoms. The molecule has 1 aromatic heterocycles. The van der Waals surface area contributed by atoms with Crippen molar-refractivity contribution >= 4 is 17.5 Å². The van der Waals surface area contributed by atoms with Crippen LogP contribution < -0.4 is 5.32 Å². The van der Waals surface area contributed by atoms with Crippen LogP contribution in [0.2, 0.25) is 0 Å². The van der Waals surface area contributed by atoms with E-state index in [0.29, 0.717) is 31.0 Å². The number of morpholine rings is 1.